The van der Waals surface area contributed by atoms with Crippen molar-refractivity contribution in [3.05, 3.63) is 12.2 Å². The highest BCUT2D eigenvalue weighted by atomic mass is 16.6. The Balaban J connectivity index is 1.54. The van der Waals surface area contributed by atoms with Crippen LogP contribution >= 0.6 is 0 Å². The van der Waals surface area contributed by atoms with Gasteiger partial charge in [-0.25, -0.2) is 0 Å². The van der Waals surface area contributed by atoms with Crippen LogP contribution in [0.4, 0.5) is 0 Å². The van der Waals surface area contributed by atoms with Crippen molar-refractivity contribution < 1.29 is 9.63 Å². The Morgan fingerprint density at radius 3 is 2.74 bits per heavy atom. The lowest BCUT2D eigenvalue weighted by atomic mass is 9.44. The monoisotopic (exact) mass is 372 g/mol. The van der Waals surface area contributed by atoms with Crippen LogP contribution in [-0.2, 0) is 9.63 Å². The average Bonchev–Trinajstić information content (AvgIpc) is 2.91. The number of oxime groups is 1. The number of nitrogens with two attached hydrogens (primary N) is 1. The van der Waals surface area contributed by atoms with Gasteiger partial charge in [0.1, 0.15) is 12.4 Å². The summed E-state index contributed by atoms with van der Waals surface area (Å²) < 4.78 is 0. The van der Waals surface area contributed by atoms with E-state index in [0.29, 0.717) is 41.5 Å². The first-order chi connectivity index (χ1) is 12.8. The van der Waals surface area contributed by atoms with Crippen LogP contribution < -0.4 is 5.73 Å². The van der Waals surface area contributed by atoms with Crippen molar-refractivity contribution in [3.63, 3.8) is 0 Å². The molecule has 0 heterocycles. The summed E-state index contributed by atoms with van der Waals surface area (Å²) in [6.07, 6.45) is 8.45. The first-order valence-corrected chi connectivity index (χ1v) is 10.9. The number of nitrogens with zero attached hydrogens (tertiary/aromatic N) is 1. The van der Waals surface area contributed by atoms with Crippen LogP contribution in [0.5, 0.6) is 0 Å². The summed E-state index contributed by atoms with van der Waals surface area (Å²) in [7, 11) is 0. The maximum Gasteiger partial charge on any atom is 0.139 e. The number of Topliss-reactive ketones (excluding diaryl/α,β-unsaturated/α-hetero) is 1. The lowest BCUT2D eigenvalue weighted by molar-refractivity contribution is -0.133. The van der Waals surface area contributed by atoms with Crippen LogP contribution in [0.15, 0.2) is 17.3 Å². The lowest BCUT2D eigenvalue weighted by Gasteiger charge is -2.60. The minimum atomic E-state index is -0.0820. The fraction of sp³-hybridized carbons (Fsp3) is 0.826. The molecule has 0 amide bonds. The quantitative estimate of drug-likeness (QED) is 0.586. The SMILES string of the molecule is C=C1CC2CC(=NOC[C@H](C)N)CC[C@]2(C)[C@H]2CC[C@]3(C)C(=O)CC[C@H]3[C@H]12. The maximum absolute atomic E-state index is 12.6. The Kier molecular flexibility index (Phi) is 4.77. The Labute approximate surface area is 164 Å². The molecule has 27 heavy (non-hydrogen) atoms. The molecule has 0 spiro atoms. The minimum Gasteiger partial charge on any atom is -0.394 e. The largest absolute Gasteiger partial charge is 0.394 e. The zero-order chi connectivity index (χ0) is 19.4. The van der Waals surface area contributed by atoms with E-state index in [1.807, 2.05) is 6.92 Å². The molecule has 0 aromatic heterocycles. The van der Waals surface area contributed by atoms with Gasteiger partial charge in [-0.3, -0.25) is 4.79 Å². The Bertz CT molecular complexity index is 669. The van der Waals surface area contributed by atoms with Crippen LogP contribution in [0.25, 0.3) is 0 Å². The molecule has 0 aliphatic heterocycles. The molecule has 4 heteroatoms. The molecule has 1 unspecified atom stereocenters. The predicted octanol–water partition coefficient (Wildman–Crippen LogP) is 4.48. The van der Waals surface area contributed by atoms with Crippen molar-refractivity contribution >= 4 is 11.5 Å². The molecular formula is C23H36N2O2. The van der Waals surface area contributed by atoms with Gasteiger partial charge < -0.3 is 10.6 Å². The van der Waals surface area contributed by atoms with Crippen LogP contribution in [-0.4, -0.2) is 24.1 Å². The van der Waals surface area contributed by atoms with E-state index in [-0.39, 0.29) is 11.5 Å². The second kappa shape index (κ2) is 6.72. The van der Waals surface area contributed by atoms with Gasteiger partial charge in [0.25, 0.3) is 0 Å². The summed E-state index contributed by atoms with van der Waals surface area (Å²) in [5.41, 5.74) is 8.63. The van der Waals surface area contributed by atoms with Gasteiger partial charge in [-0.15, -0.1) is 0 Å². The molecule has 4 saturated carbocycles. The van der Waals surface area contributed by atoms with E-state index in [0.717, 1.165) is 38.5 Å². The van der Waals surface area contributed by atoms with E-state index < -0.39 is 0 Å². The molecule has 150 valence electrons. The van der Waals surface area contributed by atoms with Gasteiger partial charge in [-0.05, 0) is 81.0 Å². The van der Waals surface area contributed by atoms with Gasteiger partial charge >= 0.3 is 0 Å². The third kappa shape index (κ3) is 2.99. The van der Waals surface area contributed by atoms with Gasteiger partial charge in [0.05, 0.1) is 5.71 Å². The molecule has 0 radical (unpaired) electrons. The molecule has 4 fully saturated rings. The second-order valence-corrected chi connectivity index (χ2v) is 10.4. The standard InChI is InChI=1S/C23H36N2O2/c1-14-11-16-12-17(25-27-13-15(2)24)7-9-22(16,3)19-8-10-23(4)18(21(14)19)5-6-20(23)26/h15-16,18-19,21H,1,5-13,24H2,2-4H3/t15-,16?,18-,19-,21-,22-,23-/m0/s1. The fourth-order valence-corrected chi connectivity index (χ4v) is 7.03. The van der Waals surface area contributed by atoms with Crippen LogP contribution in [0.3, 0.4) is 0 Å². The molecule has 4 aliphatic carbocycles. The summed E-state index contributed by atoms with van der Waals surface area (Å²) in [6, 6.07) is 0.0177. The molecule has 0 aromatic carbocycles. The number of allylic oxidation sites excluding steroid dienone is 1. The summed E-state index contributed by atoms with van der Waals surface area (Å²) >= 11 is 0. The summed E-state index contributed by atoms with van der Waals surface area (Å²) in [5.74, 6) is 2.87. The highest BCUT2D eigenvalue weighted by molar-refractivity contribution is 5.87. The van der Waals surface area contributed by atoms with Crippen molar-refractivity contribution in [2.75, 3.05) is 6.61 Å². The van der Waals surface area contributed by atoms with Crippen LogP contribution in [0, 0.1) is 34.5 Å². The molecule has 7 atom stereocenters. The van der Waals surface area contributed by atoms with Crippen LogP contribution in [0.1, 0.15) is 72.1 Å². The van der Waals surface area contributed by atoms with Gasteiger partial charge in [0.2, 0.25) is 0 Å². The maximum atomic E-state index is 12.6. The first-order valence-electron chi connectivity index (χ1n) is 10.9. The number of carbonyl (C=O) groups excluding carboxylic acids is 1. The van der Waals surface area contributed by atoms with Crippen molar-refractivity contribution in [2.45, 2.75) is 78.2 Å². The molecule has 4 rings (SSSR count). The number of hydrogen-bond acceptors (Lipinski definition) is 4. The highest BCUT2D eigenvalue weighted by Crippen LogP contribution is 2.66. The number of hydrogen-bond donors (Lipinski definition) is 1. The Hall–Kier alpha value is -1.16. The highest BCUT2D eigenvalue weighted by Gasteiger charge is 2.61. The van der Waals surface area contributed by atoms with Gasteiger partial charge in [-0.2, -0.15) is 0 Å². The van der Waals surface area contributed by atoms with Crippen molar-refractivity contribution in [2.24, 2.45) is 45.4 Å². The first kappa shape index (κ1) is 19.2. The van der Waals surface area contributed by atoms with E-state index in [9.17, 15) is 4.79 Å². The van der Waals surface area contributed by atoms with Crippen molar-refractivity contribution in [3.8, 4) is 0 Å². The molecule has 0 saturated heterocycles. The average molecular weight is 373 g/mol. The molecule has 4 nitrogen and oxygen atoms in total. The van der Waals surface area contributed by atoms with Crippen molar-refractivity contribution in [1.82, 2.24) is 0 Å². The number of carbonyl (C=O) groups is 1. The zero-order valence-corrected chi connectivity index (χ0v) is 17.3. The van der Waals surface area contributed by atoms with E-state index in [4.69, 9.17) is 10.6 Å². The van der Waals surface area contributed by atoms with E-state index in [1.165, 1.54) is 24.1 Å². The lowest BCUT2D eigenvalue weighted by Crippen LogP contribution is -2.54. The Morgan fingerprint density at radius 2 is 2.00 bits per heavy atom. The predicted molar refractivity (Wildman–Crippen MR) is 108 cm³/mol. The fourth-order valence-electron chi connectivity index (χ4n) is 7.03. The molecular weight excluding hydrogens is 336 g/mol. The normalized spacial score (nSPS) is 46.6. The van der Waals surface area contributed by atoms with E-state index >= 15 is 0 Å². The second-order valence-electron chi connectivity index (χ2n) is 10.4. The van der Waals surface area contributed by atoms with Gasteiger partial charge in [0.15, 0.2) is 0 Å². The molecule has 0 bridgehead atoms. The third-order valence-corrected chi connectivity index (χ3v) is 8.70. The van der Waals surface area contributed by atoms with E-state index in [1.54, 1.807) is 0 Å². The summed E-state index contributed by atoms with van der Waals surface area (Å²) in [6.45, 7) is 11.7. The van der Waals surface area contributed by atoms with Gasteiger partial charge in [-0.1, -0.05) is 31.2 Å². The topological polar surface area (TPSA) is 64.7 Å². The van der Waals surface area contributed by atoms with Gasteiger partial charge in [0, 0.05) is 17.9 Å². The zero-order valence-electron chi connectivity index (χ0n) is 17.3. The van der Waals surface area contributed by atoms with E-state index in [2.05, 4.69) is 25.6 Å². The molecule has 0 aromatic rings. The minimum absolute atomic E-state index is 0.0177. The van der Waals surface area contributed by atoms with Crippen molar-refractivity contribution in [1.29, 1.82) is 0 Å². The molecule has 4 aliphatic rings. The smallest absolute Gasteiger partial charge is 0.139 e. The third-order valence-electron chi connectivity index (χ3n) is 8.70. The molecule has 2 N–H and O–H groups in total. The Morgan fingerprint density at radius 1 is 1.22 bits per heavy atom. The summed E-state index contributed by atoms with van der Waals surface area (Å²) in [4.78, 5) is 18.1. The summed E-state index contributed by atoms with van der Waals surface area (Å²) in [5, 5.41) is 4.41. The number of rotatable bonds is 3. The van der Waals surface area contributed by atoms with Crippen LogP contribution in [0.2, 0.25) is 0 Å². The number of ketones is 1. The number of fused-ring (bicyclic) bond motifs is 5.